The number of nitrogens with one attached hydrogen (secondary N) is 3. The molecule has 0 spiro atoms. The number of hydrogen-bond donors (Lipinski definition) is 3. The van der Waals surface area contributed by atoms with Gasteiger partial charge in [-0.1, -0.05) is 26.0 Å². The average molecular weight is 782 g/mol. The summed E-state index contributed by atoms with van der Waals surface area (Å²) >= 11 is 0. The first kappa shape index (κ1) is 40.3. The van der Waals surface area contributed by atoms with E-state index < -0.39 is 73.8 Å². The molecular weight excluding hydrogens is 727 g/mol. The fraction of sp³-hybridized carbons (Fsp3) is 0.625. The van der Waals surface area contributed by atoms with Crippen molar-refractivity contribution in [2.45, 2.75) is 127 Å². The van der Waals surface area contributed by atoms with Crippen LogP contribution < -0.4 is 24.8 Å². The predicted octanol–water partition coefficient (Wildman–Crippen LogP) is 4.76. The van der Waals surface area contributed by atoms with Gasteiger partial charge in [-0.3, -0.25) is 24.1 Å². The molecule has 0 unspecified atom stereocenters. The number of hydrogen-bond acceptors (Lipinski definition) is 10. The Kier molecular flexibility index (Phi) is 11.2. The lowest BCUT2D eigenvalue weighted by atomic mass is 9.88. The van der Waals surface area contributed by atoms with Crippen LogP contribution in [0.15, 0.2) is 42.6 Å². The minimum atomic E-state index is -3.99. The van der Waals surface area contributed by atoms with Gasteiger partial charge in [0.2, 0.25) is 21.8 Å². The number of aromatic nitrogens is 1. The summed E-state index contributed by atoms with van der Waals surface area (Å²) in [6.07, 6.45) is 7.19. The summed E-state index contributed by atoms with van der Waals surface area (Å²) in [5.74, 6) is -1.42. The number of amides is 4. The fourth-order valence-electron chi connectivity index (χ4n) is 7.63. The molecule has 3 fully saturated rings. The van der Waals surface area contributed by atoms with Crippen molar-refractivity contribution in [3.05, 3.63) is 42.6 Å². The van der Waals surface area contributed by atoms with Crippen molar-refractivity contribution in [2.75, 3.05) is 13.2 Å². The molecule has 1 saturated heterocycles. The second kappa shape index (κ2) is 15.3. The van der Waals surface area contributed by atoms with Gasteiger partial charge in [0.1, 0.15) is 40.8 Å². The van der Waals surface area contributed by atoms with E-state index in [-0.39, 0.29) is 31.2 Å². The average Bonchev–Trinajstić information content (AvgIpc) is 3.98. The largest absolute Gasteiger partial charge is 0.494 e. The van der Waals surface area contributed by atoms with Gasteiger partial charge < -0.3 is 29.7 Å². The Morgan fingerprint density at radius 2 is 1.82 bits per heavy atom. The van der Waals surface area contributed by atoms with Crippen molar-refractivity contribution < 1.29 is 41.8 Å². The third-order valence-electron chi connectivity index (χ3n) is 11.2. The van der Waals surface area contributed by atoms with Crippen molar-refractivity contribution in [3.8, 4) is 11.5 Å². The third kappa shape index (κ3) is 9.02. The van der Waals surface area contributed by atoms with Gasteiger partial charge in [-0.05, 0) is 109 Å². The summed E-state index contributed by atoms with van der Waals surface area (Å²) in [7, 11) is -3.99. The molecule has 7 atom stereocenters. The quantitative estimate of drug-likeness (QED) is 0.316. The fourth-order valence-corrected chi connectivity index (χ4v) is 8.95. The van der Waals surface area contributed by atoms with Crippen molar-refractivity contribution in [3.63, 3.8) is 0 Å². The normalized spacial score (nSPS) is 30.1. The zero-order valence-corrected chi connectivity index (χ0v) is 33.7. The molecule has 0 bridgehead atoms. The summed E-state index contributed by atoms with van der Waals surface area (Å²) in [6, 6.07) is 5.22. The Hall–Kier alpha value is -4.40. The highest BCUT2D eigenvalue weighted by molar-refractivity contribution is 7.91. The Bertz CT molecular complexity index is 1960. The molecule has 3 N–H and O–H groups in total. The summed E-state index contributed by atoms with van der Waals surface area (Å²) in [4.78, 5) is 62.2. The number of ether oxygens (including phenoxy) is 3. The topological polar surface area (TPSA) is 182 Å². The number of nitrogens with zero attached hydrogens (tertiary/aromatic N) is 2. The lowest BCUT2D eigenvalue weighted by molar-refractivity contribution is -0.142. The molecule has 2 saturated carbocycles. The smallest absolute Gasteiger partial charge is 0.408 e. The molecule has 300 valence electrons. The highest BCUT2D eigenvalue weighted by atomic mass is 32.2. The third-order valence-corrected chi connectivity index (χ3v) is 13.3. The van der Waals surface area contributed by atoms with E-state index >= 15 is 0 Å². The molecule has 2 aromatic rings. The lowest BCUT2D eigenvalue weighted by Gasteiger charge is -2.33. The SMILES string of the molecule is CCOc1ccc2ncc(O[C@@H]3C[C@H]4C(=O)N[C@]5(C(=O)NS(=O)(=O)C6(C)CC6)C[C@H]5/C=C\CC[C@@H](C)C[C@@H](C)[C@H](NC(=O)OC(C)(C)C)C(=O)N4C3)cc2c1. The molecule has 55 heavy (non-hydrogen) atoms. The number of pyridine rings is 1. The number of rotatable bonds is 8. The second-order valence-electron chi connectivity index (χ2n) is 17.0. The van der Waals surface area contributed by atoms with E-state index in [1.165, 1.54) is 4.90 Å². The highest BCUT2D eigenvalue weighted by Crippen LogP contribution is 2.47. The number of fused-ring (bicyclic) bond motifs is 3. The van der Waals surface area contributed by atoms with Gasteiger partial charge >= 0.3 is 6.09 Å². The van der Waals surface area contributed by atoms with Gasteiger partial charge in [0.15, 0.2) is 0 Å². The summed E-state index contributed by atoms with van der Waals surface area (Å²) in [6.45, 7) is 13.2. The van der Waals surface area contributed by atoms with E-state index in [0.717, 1.165) is 17.3 Å². The first-order valence-corrected chi connectivity index (χ1v) is 20.9. The maximum absolute atomic E-state index is 14.7. The minimum Gasteiger partial charge on any atom is -0.494 e. The molecule has 6 rings (SSSR count). The molecule has 1 aromatic heterocycles. The minimum absolute atomic E-state index is 0.00201. The number of benzene rings is 1. The van der Waals surface area contributed by atoms with Crippen LogP contribution in [0.25, 0.3) is 10.9 Å². The standard InChI is InChI=1S/C40H55N5O9S/c1-8-52-28-13-14-31-26(18-28)19-29(22-41-31)53-30-20-32-34(46)43-40(36(48)44-55(50,51)39(7)15-16-39)21-27(40)12-10-9-11-24(2)17-25(3)33(35(47)45(32)23-30)42-37(49)54-38(4,5)6/h10,12-14,18-19,22,24-25,27,30,32-33H,8-9,11,15-17,20-21,23H2,1-7H3,(H,42,49)(H,43,46)(H,44,48)/b12-10-/t24-,25-,27-,30-,32+,33+,40-/m1/s1. The molecule has 4 amide bonds. The number of allylic oxidation sites excluding steroid dienone is 1. The van der Waals surface area contributed by atoms with E-state index in [2.05, 4.69) is 27.3 Å². The van der Waals surface area contributed by atoms with E-state index in [0.29, 0.717) is 43.8 Å². The molecule has 0 radical (unpaired) electrons. The summed E-state index contributed by atoms with van der Waals surface area (Å²) < 4.78 is 45.2. The van der Waals surface area contributed by atoms with Crippen LogP contribution >= 0.6 is 0 Å². The Morgan fingerprint density at radius 1 is 1.09 bits per heavy atom. The molecule has 2 aliphatic carbocycles. The lowest BCUT2D eigenvalue weighted by Crippen LogP contribution is -2.59. The molecule has 14 nitrogen and oxygen atoms in total. The van der Waals surface area contributed by atoms with E-state index in [1.807, 2.05) is 50.3 Å². The van der Waals surface area contributed by atoms with E-state index in [1.54, 1.807) is 33.9 Å². The van der Waals surface area contributed by atoms with Gasteiger partial charge in [0.05, 0.1) is 29.6 Å². The Balaban J connectivity index is 1.33. The second-order valence-corrected chi connectivity index (χ2v) is 19.2. The Morgan fingerprint density at radius 3 is 2.51 bits per heavy atom. The van der Waals surface area contributed by atoms with Crippen LogP contribution in [0.2, 0.25) is 0 Å². The maximum Gasteiger partial charge on any atom is 0.408 e. The monoisotopic (exact) mass is 781 g/mol. The number of sulfonamides is 1. The van der Waals surface area contributed by atoms with Crippen LogP contribution in [0, 0.1) is 17.8 Å². The van der Waals surface area contributed by atoms with Crippen LogP contribution in [0.5, 0.6) is 11.5 Å². The number of carbonyl (C=O) groups excluding carboxylic acids is 4. The molecule has 4 aliphatic rings. The first-order valence-electron chi connectivity index (χ1n) is 19.4. The molecule has 15 heteroatoms. The number of alkyl carbamates (subject to hydrolysis) is 1. The molecule has 1 aromatic carbocycles. The van der Waals surface area contributed by atoms with Crippen molar-refractivity contribution in [1.29, 1.82) is 0 Å². The van der Waals surface area contributed by atoms with Crippen LogP contribution in [0.3, 0.4) is 0 Å². The van der Waals surface area contributed by atoms with Gasteiger partial charge in [0, 0.05) is 17.7 Å². The van der Waals surface area contributed by atoms with E-state index in [9.17, 15) is 27.6 Å². The van der Waals surface area contributed by atoms with E-state index in [4.69, 9.17) is 14.2 Å². The number of carbonyl (C=O) groups is 4. The van der Waals surface area contributed by atoms with Gasteiger partial charge in [-0.25, -0.2) is 13.2 Å². The van der Waals surface area contributed by atoms with Crippen molar-refractivity contribution in [1.82, 2.24) is 25.2 Å². The van der Waals surface area contributed by atoms with Crippen molar-refractivity contribution >= 4 is 44.7 Å². The summed E-state index contributed by atoms with van der Waals surface area (Å²) in [5, 5.41) is 6.50. The van der Waals surface area contributed by atoms with Gasteiger partial charge in [0.25, 0.3) is 5.91 Å². The zero-order valence-electron chi connectivity index (χ0n) is 32.8. The van der Waals surface area contributed by atoms with Crippen LogP contribution in [-0.4, -0.2) is 89.3 Å². The molecule has 2 aliphatic heterocycles. The highest BCUT2D eigenvalue weighted by Gasteiger charge is 2.63. The molecular formula is C40H55N5O9S. The predicted molar refractivity (Wildman–Crippen MR) is 206 cm³/mol. The molecule has 3 heterocycles. The van der Waals surface area contributed by atoms with Gasteiger partial charge in [-0.2, -0.15) is 0 Å². The van der Waals surface area contributed by atoms with Crippen LogP contribution in [0.4, 0.5) is 4.79 Å². The zero-order chi connectivity index (χ0) is 39.9. The summed E-state index contributed by atoms with van der Waals surface area (Å²) in [5.41, 5.74) is -1.60. The van der Waals surface area contributed by atoms with Crippen LogP contribution in [-0.2, 0) is 29.1 Å². The van der Waals surface area contributed by atoms with Crippen LogP contribution in [0.1, 0.15) is 93.4 Å². The Labute approximate surface area is 323 Å². The maximum atomic E-state index is 14.7. The van der Waals surface area contributed by atoms with Crippen molar-refractivity contribution in [2.24, 2.45) is 17.8 Å². The first-order chi connectivity index (χ1) is 25.8. The van der Waals surface area contributed by atoms with Gasteiger partial charge in [-0.15, -0.1) is 0 Å².